The molecule has 0 saturated carbocycles. The molecule has 21 heavy (non-hydrogen) atoms. The van der Waals surface area contributed by atoms with Crippen LogP contribution in [-0.2, 0) is 0 Å². The molecule has 1 aliphatic heterocycles. The molecule has 0 N–H and O–H groups in total. The van der Waals surface area contributed by atoms with Crippen LogP contribution in [0.2, 0.25) is 0 Å². The number of rotatable bonds is 2. The van der Waals surface area contributed by atoms with Crippen molar-refractivity contribution in [2.24, 2.45) is 0 Å². The van der Waals surface area contributed by atoms with Gasteiger partial charge in [-0.1, -0.05) is 12.2 Å². The van der Waals surface area contributed by atoms with E-state index in [1.54, 1.807) is 0 Å². The van der Waals surface area contributed by atoms with E-state index in [2.05, 4.69) is 99.6 Å². The highest BCUT2D eigenvalue weighted by atomic mass is 15.4. The molecular weight excluding hydrogens is 256 g/mol. The van der Waals surface area contributed by atoms with Gasteiger partial charge in [0.1, 0.15) is 0 Å². The van der Waals surface area contributed by atoms with Crippen LogP contribution in [0.1, 0.15) is 76.2 Å². The fourth-order valence-electron chi connectivity index (χ4n) is 4.35. The molecule has 2 heteroatoms. The first kappa shape index (κ1) is 18.7. The van der Waals surface area contributed by atoms with Gasteiger partial charge in [0.25, 0.3) is 0 Å². The number of likely N-dealkylation sites (N-methyl/N-ethyl adjacent to an activating group) is 1. The summed E-state index contributed by atoms with van der Waals surface area (Å²) in [6.07, 6.45) is 0. The molecule has 1 fully saturated rings. The molecule has 0 aromatic rings. The summed E-state index contributed by atoms with van der Waals surface area (Å²) in [7, 11) is 2.27. The van der Waals surface area contributed by atoms with Gasteiger partial charge in [0.2, 0.25) is 0 Å². The second kappa shape index (κ2) is 4.58. The summed E-state index contributed by atoms with van der Waals surface area (Å²) in [5, 5.41) is 0. The van der Waals surface area contributed by atoms with Gasteiger partial charge in [0.05, 0.1) is 0 Å². The fourth-order valence-corrected chi connectivity index (χ4v) is 4.35. The van der Waals surface area contributed by atoms with Crippen LogP contribution in [0.5, 0.6) is 0 Å². The van der Waals surface area contributed by atoms with E-state index < -0.39 is 0 Å². The third kappa shape index (κ3) is 2.13. The first-order valence-corrected chi connectivity index (χ1v) is 8.17. The number of nitrogens with zero attached hydrogens (tertiary/aromatic N) is 2. The molecule has 0 bridgehead atoms. The third-order valence-corrected chi connectivity index (χ3v) is 7.39. The van der Waals surface area contributed by atoms with E-state index in [1.165, 1.54) is 5.57 Å². The summed E-state index contributed by atoms with van der Waals surface area (Å²) in [5.41, 5.74) is 1.31. The normalized spacial score (nSPS) is 28.4. The van der Waals surface area contributed by atoms with Crippen molar-refractivity contribution in [2.45, 2.75) is 104 Å². The smallest absolute Gasteiger partial charge is 0.0371 e. The maximum atomic E-state index is 4.29. The molecule has 1 heterocycles. The van der Waals surface area contributed by atoms with E-state index >= 15 is 0 Å². The van der Waals surface area contributed by atoms with Crippen molar-refractivity contribution < 1.29 is 0 Å². The van der Waals surface area contributed by atoms with Crippen molar-refractivity contribution >= 4 is 0 Å². The lowest BCUT2D eigenvalue weighted by Gasteiger charge is -2.74. The van der Waals surface area contributed by atoms with Gasteiger partial charge in [-0.05, 0) is 83.2 Å². The molecule has 0 aromatic heterocycles. The Morgan fingerprint density at radius 1 is 0.762 bits per heavy atom. The van der Waals surface area contributed by atoms with Crippen LogP contribution < -0.4 is 0 Å². The second-order valence-corrected chi connectivity index (χ2v) is 9.47. The first-order valence-electron chi connectivity index (χ1n) is 8.17. The quantitative estimate of drug-likeness (QED) is 0.681. The number of hydrogen-bond acceptors (Lipinski definition) is 2. The zero-order valence-corrected chi connectivity index (χ0v) is 16.6. The maximum absolute atomic E-state index is 4.29. The molecular formula is C19H38N2. The van der Waals surface area contributed by atoms with Crippen molar-refractivity contribution in [1.82, 2.24) is 9.80 Å². The topological polar surface area (TPSA) is 6.48 Å². The Morgan fingerprint density at radius 2 is 1.05 bits per heavy atom. The Morgan fingerprint density at radius 3 is 1.29 bits per heavy atom. The second-order valence-electron chi connectivity index (χ2n) is 9.47. The van der Waals surface area contributed by atoms with E-state index in [0.29, 0.717) is 0 Å². The summed E-state index contributed by atoms with van der Waals surface area (Å²) < 4.78 is 0. The molecule has 0 aliphatic carbocycles. The SMILES string of the molecule is C=C(C)C(C)(C)N1C(C)(C)C(C)(C)N(C)C(C)(C)C1(C)C. The Balaban J connectivity index is 3.70. The fraction of sp³-hybridized carbons (Fsp3) is 0.895. The largest absolute Gasteiger partial charge is 0.292 e. The first-order chi connectivity index (χ1) is 8.96. The van der Waals surface area contributed by atoms with Gasteiger partial charge in [-0.3, -0.25) is 9.80 Å². The highest BCUT2D eigenvalue weighted by Gasteiger charge is 2.64. The lowest BCUT2D eigenvalue weighted by atomic mass is 9.62. The highest BCUT2D eigenvalue weighted by molar-refractivity contribution is 5.26. The molecule has 0 radical (unpaired) electrons. The van der Waals surface area contributed by atoms with Gasteiger partial charge in [-0.15, -0.1) is 0 Å². The number of piperazine rings is 1. The van der Waals surface area contributed by atoms with Crippen molar-refractivity contribution in [2.75, 3.05) is 7.05 Å². The Bertz CT molecular complexity index is 410. The molecule has 124 valence electrons. The van der Waals surface area contributed by atoms with Crippen LogP contribution in [0.15, 0.2) is 12.2 Å². The van der Waals surface area contributed by atoms with E-state index in [4.69, 9.17) is 0 Å². The molecule has 1 rings (SSSR count). The minimum Gasteiger partial charge on any atom is -0.292 e. The zero-order chi connectivity index (χ0) is 17.2. The highest BCUT2D eigenvalue weighted by Crippen LogP contribution is 2.54. The molecule has 0 amide bonds. The lowest BCUT2D eigenvalue weighted by molar-refractivity contribution is -0.226. The van der Waals surface area contributed by atoms with E-state index in [-0.39, 0.29) is 27.7 Å². The summed E-state index contributed by atoms with van der Waals surface area (Å²) in [6, 6.07) is 0. The van der Waals surface area contributed by atoms with E-state index in [9.17, 15) is 0 Å². The number of hydrogen-bond donors (Lipinski definition) is 0. The van der Waals surface area contributed by atoms with Crippen LogP contribution in [-0.4, -0.2) is 44.5 Å². The molecule has 0 atom stereocenters. The molecule has 1 aliphatic rings. The Labute approximate surface area is 133 Å². The van der Waals surface area contributed by atoms with Gasteiger partial charge < -0.3 is 0 Å². The molecule has 2 nitrogen and oxygen atoms in total. The van der Waals surface area contributed by atoms with Gasteiger partial charge >= 0.3 is 0 Å². The van der Waals surface area contributed by atoms with Crippen LogP contribution in [0, 0.1) is 0 Å². The van der Waals surface area contributed by atoms with E-state index in [0.717, 1.165) is 0 Å². The summed E-state index contributed by atoms with van der Waals surface area (Å²) in [5.74, 6) is 0. The Kier molecular flexibility index (Phi) is 4.08. The molecule has 0 spiro atoms. The molecule has 0 unspecified atom stereocenters. The van der Waals surface area contributed by atoms with Crippen molar-refractivity contribution in [3.8, 4) is 0 Å². The lowest BCUT2D eigenvalue weighted by Crippen LogP contribution is -2.86. The van der Waals surface area contributed by atoms with Crippen molar-refractivity contribution in [1.29, 1.82) is 0 Å². The Hall–Kier alpha value is -0.340. The molecule has 1 saturated heterocycles. The summed E-state index contributed by atoms with van der Waals surface area (Å²) >= 11 is 0. The average molecular weight is 295 g/mol. The van der Waals surface area contributed by atoms with Crippen molar-refractivity contribution in [3.63, 3.8) is 0 Å². The standard InChI is InChI=1S/C19H38N2/c1-14(2)15(3,4)21-18(9,10)16(5,6)20(13)17(7,8)19(21,11)12/h1H2,2-13H3. The monoisotopic (exact) mass is 294 g/mol. The van der Waals surface area contributed by atoms with Gasteiger partial charge in [-0.25, -0.2) is 0 Å². The van der Waals surface area contributed by atoms with E-state index in [1.807, 2.05) is 0 Å². The van der Waals surface area contributed by atoms with Crippen molar-refractivity contribution in [3.05, 3.63) is 12.2 Å². The summed E-state index contributed by atoms with van der Waals surface area (Å²) in [6.45, 7) is 30.1. The zero-order valence-electron chi connectivity index (χ0n) is 16.6. The predicted molar refractivity (Wildman–Crippen MR) is 94.8 cm³/mol. The summed E-state index contributed by atoms with van der Waals surface area (Å²) in [4.78, 5) is 5.26. The minimum absolute atomic E-state index is 0.0171. The average Bonchev–Trinajstić information content (AvgIpc) is 2.24. The minimum atomic E-state index is -0.0528. The third-order valence-electron chi connectivity index (χ3n) is 7.39. The van der Waals surface area contributed by atoms with Gasteiger partial charge in [0.15, 0.2) is 0 Å². The van der Waals surface area contributed by atoms with Crippen LogP contribution in [0.25, 0.3) is 0 Å². The van der Waals surface area contributed by atoms with Gasteiger partial charge in [0, 0.05) is 27.7 Å². The molecule has 0 aromatic carbocycles. The van der Waals surface area contributed by atoms with Crippen LogP contribution in [0.3, 0.4) is 0 Å². The van der Waals surface area contributed by atoms with Gasteiger partial charge in [-0.2, -0.15) is 0 Å². The maximum Gasteiger partial charge on any atom is 0.0371 e. The van der Waals surface area contributed by atoms with Crippen LogP contribution in [0.4, 0.5) is 0 Å². The van der Waals surface area contributed by atoms with Crippen LogP contribution >= 0.6 is 0 Å². The predicted octanol–water partition coefficient (Wildman–Crippen LogP) is 4.70.